The zero-order valence-corrected chi connectivity index (χ0v) is 16.8. The molecule has 0 N–H and O–H groups in total. The Morgan fingerprint density at radius 2 is 2.16 bits per heavy atom. The Morgan fingerprint density at radius 3 is 2.97 bits per heavy atom. The molecule has 2 fully saturated rings. The van der Waals surface area contributed by atoms with E-state index in [0.29, 0.717) is 28.7 Å². The summed E-state index contributed by atoms with van der Waals surface area (Å²) in [5, 5.41) is 4.64. The van der Waals surface area contributed by atoms with E-state index in [0.717, 1.165) is 18.8 Å². The van der Waals surface area contributed by atoms with E-state index in [4.69, 9.17) is 4.52 Å². The highest BCUT2D eigenvalue weighted by Crippen LogP contribution is 2.68. The molecule has 0 radical (unpaired) electrons. The molecule has 2 aliphatic rings. The van der Waals surface area contributed by atoms with Crippen LogP contribution in [0.1, 0.15) is 24.6 Å². The van der Waals surface area contributed by atoms with Gasteiger partial charge in [0, 0.05) is 36.3 Å². The minimum atomic E-state index is -0.225. The summed E-state index contributed by atoms with van der Waals surface area (Å²) < 4.78 is 20.5. The van der Waals surface area contributed by atoms with E-state index in [-0.39, 0.29) is 29.3 Å². The number of piperidine rings is 1. The number of pyridine rings is 1. The summed E-state index contributed by atoms with van der Waals surface area (Å²) in [6, 6.07) is 10.1. The first-order chi connectivity index (χ1) is 15.0. The number of hydrogen-bond acceptors (Lipinski definition) is 7. The predicted octanol–water partition coefficient (Wildman–Crippen LogP) is 2.60. The van der Waals surface area contributed by atoms with Crippen LogP contribution in [-0.2, 0) is 6.54 Å². The summed E-state index contributed by atoms with van der Waals surface area (Å²) in [6.07, 6.45) is 3.05. The van der Waals surface area contributed by atoms with E-state index in [1.54, 1.807) is 30.5 Å². The minimum Gasteiger partial charge on any atom is -0.371 e. The SMILES string of the molecule is CC12CN(c3cccc(F)c3)C[C@H]1[C@@H]2c1noc(Cn2cnc3ncccc3c2=O)n1. The molecule has 8 nitrogen and oxygen atoms in total. The molecule has 4 aromatic rings. The third-order valence-corrected chi connectivity index (χ3v) is 6.64. The van der Waals surface area contributed by atoms with Crippen molar-refractivity contribution in [3.8, 4) is 0 Å². The molecule has 156 valence electrons. The van der Waals surface area contributed by atoms with E-state index in [1.165, 1.54) is 17.0 Å². The molecular weight excluding hydrogens is 399 g/mol. The van der Waals surface area contributed by atoms with Crippen LogP contribution < -0.4 is 10.5 Å². The molecule has 0 spiro atoms. The molecule has 1 aliphatic carbocycles. The Kier molecular flexibility index (Phi) is 3.77. The molecule has 3 atom stereocenters. The van der Waals surface area contributed by atoms with Crippen molar-refractivity contribution < 1.29 is 8.91 Å². The van der Waals surface area contributed by atoms with Crippen molar-refractivity contribution in [3.63, 3.8) is 0 Å². The molecule has 0 amide bonds. The maximum absolute atomic E-state index is 13.6. The summed E-state index contributed by atoms with van der Waals surface area (Å²) >= 11 is 0. The van der Waals surface area contributed by atoms with Gasteiger partial charge < -0.3 is 9.42 Å². The van der Waals surface area contributed by atoms with Gasteiger partial charge in [-0.05, 0) is 36.2 Å². The second-order valence-electron chi connectivity index (χ2n) is 8.55. The van der Waals surface area contributed by atoms with Crippen molar-refractivity contribution in [2.24, 2.45) is 11.3 Å². The largest absolute Gasteiger partial charge is 0.371 e. The van der Waals surface area contributed by atoms with Crippen LogP contribution in [0.3, 0.4) is 0 Å². The zero-order chi connectivity index (χ0) is 21.2. The van der Waals surface area contributed by atoms with Crippen LogP contribution in [0.4, 0.5) is 10.1 Å². The summed E-state index contributed by atoms with van der Waals surface area (Å²) in [5.41, 5.74) is 1.15. The lowest BCUT2D eigenvalue weighted by Gasteiger charge is -2.23. The van der Waals surface area contributed by atoms with Crippen molar-refractivity contribution in [1.29, 1.82) is 0 Å². The number of fused-ring (bicyclic) bond motifs is 2. The maximum Gasteiger partial charge on any atom is 0.263 e. The average Bonchev–Trinajstić information content (AvgIpc) is 3.09. The second kappa shape index (κ2) is 6.44. The zero-order valence-electron chi connectivity index (χ0n) is 16.8. The molecule has 1 saturated heterocycles. The average molecular weight is 418 g/mol. The van der Waals surface area contributed by atoms with Crippen LogP contribution >= 0.6 is 0 Å². The van der Waals surface area contributed by atoms with E-state index >= 15 is 0 Å². The molecule has 4 heterocycles. The number of aromatic nitrogens is 5. The number of benzene rings is 1. The molecular formula is C22H19FN6O2. The summed E-state index contributed by atoms with van der Waals surface area (Å²) in [4.78, 5) is 27.7. The third kappa shape index (κ3) is 2.83. The van der Waals surface area contributed by atoms with Gasteiger partial charge in [0.05, 0.1) is 5.39 Å². The fraction of sp³-hybridized carbons (Fsp3) is 0.318. The first-order valence-electron chi connectivity index (χ1n) is 10.2. The molecule has 9 heteroatoms. The van der Waals surface area contributed by atoms with Crippen LogP contribution in [-0.4, -0.2) is 37.8 Å². The van der Waals surface area contributed by atoms with Gasteiger partial charge in [0.1, 0.15) is 18.7 Å². The monoisotopic (exact) mass is 418 g/mol. The normalized spacial score (nSPS) is 24.5. The van der Waals surface area contributed by atoms with Gasteiger partial charge in [0.25, 0.3) is 5.56 Å². The molecule has 1 unspecified atom stereocenters. The molecule has 3 aromatic heterocycles. The quantitative estimate of drug-likeness (QED) is 0.503. The van der Waals surface area contributed by atoms with Gasteiger partial charge in [-0.3, -0.25) is 9.36 Å². The van der Waals surface area contributed by atoms with E-state index in [9.17, 15) is 9.18 Å². The Morgan fingerprint density at radius 1 is 1.26 bits per heavy atom. The molecule has 1 saturated carbocycles. The fourth-order valence-corrected chi connectivity index (χ4v) is 4.96. The Hall–Kier alpha value is -3.62. The van der Waals surface area contributed by atoms with Crippen molar-refractivity contribution >= 4 is 16.7 Å². The maximum atomic E-state index is 13.6. The lowest BCUT2D eigenvalue weighted by molar-refractivity contribution is 0.362. The minimum absolute atomic E-state index is 0.0282. The van der Waals surface area contributed by atoms with E-state index < -0.39 is 0 Å². The summed E-state index contributed by atoms with van der Waals surface area (Å²) in [5.74, 6) is 1.40. The van der Waals surface area contributed by atoms with Crippen molar-refractivity contribution in [3.05, 3.63) is 76.8 Å². The molecule has 1 aromatic carbocycles. The number of nitrogens with zero attached hydrogens (tertiary/aromatic N) is 6. The van der Waals surface area contributed by atoms with E-state index in [2.05, 4.69) is 31.9 Å². The number of hydrogen-bond donors (Lipinski definition) is 0. The third-order valence-electron chi connectivity index (χ3n) is 6.64. The fourth-order valence-electron chi connectivity index (χ4n) is 4.96. The van der Waals surface area contributed by atoms with Gasteiger partial charge in [-0.2, -0.15) is 4.98 Å². The Labute approximate surface area is 176 Å². The first-order valence-corrected chi connectivity index (χ1v) is 10.2. The van der Waals surface area contributed by atoms with Crippen LogP contribution in [0, 0.1) is 17.2 Å². The van der Waals surface area contributed by atoms with E-state index in [1.807, 2.05) is 6.07 Å². The lowest BCUT2D eigenvalue weighted by atomic mass is 10.1. The Bertz CT molecular complexity index is 1370. The highest BCUT2D eigenvalue weighted by molar-refractivity contribution is 5.72. The molecule has 1 aliphatic heterocycles. The number of rotatable bonds is 4. The van der Waals surface area contributed by atoms with Gasteiger partial charge in [0.15, 0.2) is 11.5 Å². The highest BCUT2D eigenvalue weighted by Gasteiger charge is 2.68. The standard InChI is InChI=1S/C22H19FN6O2/c1-22-11-28(14-5-2-4-13(23)8-14)9-16(22)18(22)20-26-17(31-27-20)10-29-12-25-19-15(21(29)30)6-3-7-24-19/h2-8,12,16,18H,9-11H2,1H3/t16-,18+,22?/m0/s1. The topological polar surface area (TPSA) is 89.9 Å². The number of halogens is 1. The second-order valence-corrected chi connectivity index (χ2v) is 8.55. The van der Waals surface area contributed by atoms with Crippen LogP contribution in [0.2, 0.25) is 0 Å². The van der Waals surface area contributed by atoms with Crippen molar-refractivity contribution in [2.75, 3.05) is 18.0 Å². The highest BCUT2D eigenvalue weighted by atomic mass is 19.1. The van der Waals surface area contributed by atoms with Gasteiger partial charge in [0.2, 0.25) is 5.89 Å². The van der Waals surface area contributed by atoms with Crippen LogP contribution in [0.15, 0.2) is 58.2 Å². The number of anilines is 1. The lowest BCUT2D eigenvalue weighted by Crippen LogP contribution is -2.26. The smallest absolute Gasteiger partial charge is 0.263 e. The van der Waals surface area contributed by atoms with Crippen molar-refractivity contribution in [2.45, 2.75) is 19.4 Å². The van der Waals surface area contributed by atoms with Gasteiger partial charge >= 0.3 is 0 Å². The van der Waals surface area contributed by atoms with Gasteiger partial charge in [-0.25, -0.2) is 14.4 Å². The summed E-state index contributed by atoms with van der Waals surface area (Å²) in [6.45, 7) is 4.02. The summed E-state index contributed by atoms with van der Waals surface area (Å²) in [7, 11) is 0. The predicted molar refractivity (Wildman–Crippen MR) is 110 cm³/mol. The van der Waals surface area contributed by atoms with Crippen LogP contribution in [0.5, 0.6) is 0 Å². The van der Waals surface area contributed by atoms with Crippen LogP contribution in [0.25, 0.3) is 11.0 Å². The molecule has 0 bridgehead atoms. The Balaban J connectivity index is 1.20. The molecule has 6 rings (SSSR count). The first kappa shape index (κ1) is 18.2. The van der Waals surface area contributed by atoms with Crippen molar-refractivity contribution in [1.82, 2.24) is 24.7 Å². The molecule has 31 heavy (non-hydrogen) atoms. The van der Waals surface area contributed by atoms with Gasteiger partial charge in [-0.15, -0.1) is 0 Å². The van der Waals surface area contributed by atoms with Gasteiger partial charge in [-0.1, -0.05) is 18.1 Å².